The van der Waals surface area contributed by atoms with E-state index in [4.69, 9.17) is 5.11 Å². The van der Waals surface area contributed by atoms with Crippen LogP contribution in [0, 0.1) is 25.7 Å². The number of aryl methyl sites for hydroxylation is 2. The Balaban J connectivity index is 2.95. The van der Waals surface area contributed by atoms with Crippen molar-refractivity contribution in [1.29, 1.82) is 0 Å². The smallest absolute Gasteiger partial charge is 0.244 e. The van der Waals surface area contributed by atoms with Crippen molar-refractivity contribution < 1.29 is 13.5 Å². The Labute approximate surface area is 127 Å². The zero-order valence-electron chi connectivity index (χ0n) is 13.5. The molecule has 0 fully saturated rings. The molecular formula is C14H27N3O3S. The van der Waals surface area contributed by atoms with Crippen molar-refractivity contribution in [3.05, 3.63) is 11.4 Å². The maximum atomic E-state index is 12.5. The first-order valence-electron chi connectivity index (χ1n) is 7.35. The molecule has 0 radical (unpaired) electrons. The molecule has 1 aromatic rings. The van der Waals surface area contributed by atoms with Gasteiger partial charge in [0.25, 0.3) is 0 Å². The van der Waals surface area contributed by atoms with Gasteiger partial charge in [0.1, 0.15) is 4.90 Å². The minimum atomic E-state index is -3.55. The van der Waals surface area contributed by atoms with Gasteiger partial charge >= 0.3 is 0 Å². The highest BCUT2D eigenvalue weighted by molar-refractivity contribution is 7.89. The number of rotatable bonds is 8. The average Bonchev–Trinajstić information content (AvgIpc) is 2.68. The van der Waals surface area contributed by atoms with E-state index in [-0.39, 0.29) is 17.4 Å². The van der Waals surface area contributed by atoms with Crippen LogP contribution in [0.15, 0.2) is 4.90 Å². The largest absolute Gasteiger partial charge is 0.396 e. The molecule has 7 heteroatoms. The summed E-state index contributed by atoms with van der Waals surface area (Å²) < 4.78 is 29.3. The summed E-state index contributed by atoms with van der Waals surface area (Å²) in [6, 6.07) is 0. The molecule has 0 spiro atoms. The van der Waals surface area contributed by atoms with Gasteiger partial charge in [-0.3, -0.25) is 4.68 Å². The predicted octanol–water partition coefficient (Wildman–Crippen LogP) is 1.45. The number of aliphatic hydroxyl groups is 1. The molecule has 1 atom stereocenters. The summed E-state index contributed by atoms with van der Waals surface area (Å²) in [5, 5.41) is 13.1. The molecule has 6 nitrogen and oxygen atoms in total. The van der Waals surface area contributed by atoms with Gasteiger partial charge in [-0.1, -0.05) is 20.8 Å². The first-order valence-corrected chi connectivity index (χ1v) is 8.83. The fraction of sp³-hybridized carbons (Fsp3) is 0.786. The Morgan fingerprint density at radius 1 is 1.29 bits per heavy atom. The topological polar surface area (TPSA) is 84.2 Å². The van der Waals surface area contributed by atoms with Gasteiger partial charge < -0.3 is 5.11 Å². The molecule has 21 heavy (non-hydrogen) atoms. The Hall–Kier alpha value is -0.920. The van der Waals surface area contributed by atoms with Crippen LogP contribution in [0.3, 0.4) is 0 Å². The Morgan fingerprint density at radius 2 is 1.90 bits per heavy atom. The summed E-state index contributed by atoms with van der Waals surface area (Å²) in [7, 11) is -3.55. The number of sulfonamides is 1. The summed E-state index contributed by atoms with van der Waals surface area (Å²) in [6.07, 6.45) is 0.555. The van der Waals surface area contributed by atoms with Crippen LogP contribution >= 0.6 is 0 Å². The minimum absolute atomic E-state index is 0.0601. The average molecular weight is 317 g/mol. The van der Waals surface area contributed by atoms with Crippen LogP contribution < -0.4 is 4.72 Å². The van der Waals surface area contributed by atoms with Crippen LogP contribution in [-0.4, -0.2) is 36.5 Å². The molecule has 0 aliphatic rings. The summed E-state index contributed by atoms with van der Waals surface area (Å²) in [5.41, 5.74) is 1.11. The monoisotopic (exact) mass is 317 g/mol. The van der Waals surface area contributed by atoms with Gasteiger partial charge in [-0.05, 0) is 32.1 Å². The third-order valence-corrected chi connectivity index (χ3v) is 5.52. The lowest BCUT2D eigenvalue weighted by atomic mass is 9.99. The van der Waals surface area contributed by atoms with Gasteiger partial charge in [0.2, 0.25) is 10.0 Å². The molecule has 0 aliphatic carbocycles. The van der Waals surface area contributed by atoms with E-state index in [1.165, 1.54) is 0 Å². The number of nitrogens with zero attached hydrogens (tertiary/aromatic N) is 2. The van der Waals surface area contributed by atoms with Crippen LogP contribution in [0.1, 0.15) is 38.6 Å². The van der Waals surface area contributed by atoms with Gasteiger partial charge in [0.05, 0.1) is 11.4 Å². The van der Waals surface area contributed by atoms with Crippen LogP contribution in [0.25, 0.3) is 0 Å². The first-order chi connectivity index (χ1) is 9.70. The molecular weight excluding hydrogens is 290 g/mol. The predicted molar refractivity (Wildman–Crippen MR) is 82.6 cm³/mol. The Kier molecular flexibility index (Phi) is 6.37. The Bertz CT molecular complexity index is 564. The second-order valence-corrected chi connectivity index (χ2v) is 7.58. The molecule has 0 amide bonds. The molecule has 0 bridgehead atoms. The maximum Gasteiger partial charge on any atom is 0.244 e. The molecule has 1 heterocycles. The van der Waals surface area contributed by atoms with Crippen LogP contribution in [0.5, 0.6) is 0 Å². The van der Waals surface area contributed by atoms with Crippen molar-refractivity contribution in [2.24, 2.45) is 11.8 Å². The van der Waals surface area contributed by atoms with Gasteiger partial charge in [0.15, 0.2) is 0 Å². The zero-order valence-corrected chi connectivity index (χ0v) is 14.4. The quantitative estimate of drug-likeness (QED) is 0.760. The van der Waals surface area contributed by atoms with E-state index in [1.54, 1.807) is 18.5 Å². The molecule has 0 aromatic carbocycles. The van der Waals surface area contributed by atoms with E-state index in [0.717, 1.165) is 0 Å². The lowest BCUT2D eigenvalue weighted by Gasteiger charge is -2.16. The van der Waals surface area contributed by atoms with E-state index in [9.17, 15) is 8.42 Å². The number of hydrogen-bond donors (Lipinski definition) is 2. The summed E-state index contributed by atoms with van der Waals surface area (Å²) in [5.74, 6) is 0.687. The highest BCUT2D eigenvalue weighted by Crippen LogP contribution is 2.20. The first kappa shape index (κ1) is 18.1. The third-order valence-electron chi connectivity index (χ3n) is 3.85. The van der Waals surface area contributed by atoms with Gasteiger partial charge in [-0.2, -0.15) is 5.10 Å². The molecule has 122 valence electrons. The summed E-state index contributed by atoms with van der Waals surface area (Å²) >= 11 is 0. The van der Waals surface area contributed by atoms with E-state index < -0.39 is 10.0 Å². The van der Waals surface area contributed by atoms with E-state index in [2.05, 4.69) is 23.7 Å². The summed E-state index contributed by atoms with van der Waals surface area (Å²) in [4.78, 5) is 0.261. The molecule has 0 saturated carbocycles. The molecule has 1 rings (SSSR count). The van der Waals surface area contributed by atoms with Crippen LogP contribution in [-0.2, 0) is 16.6 Å². The third kappa shape index (κ3) is 4.52. The molecule has 1 unspecified atom stereocenters. The number of aliphatic hydroxyl groups excluding tert-OH is 1. The van der Waals surface area contributed by atoms with E-state index in [0.29, 0.717) is 36.8 Å². The van der Waals surface area contributed by atoms with E-state index in [1.807, 2.05) is 6.92 Å². The zero-order chi connectivity index (χ0) is 16.2. The normalized spacial score (nSPS) is 13.9. The van der Waals surface area contributed by atoms with Gasteiger partial charge in [0, 0.05) is 19.7 Å². The Morgan fingerprint density at radius 3 is 2.43 bits per heavy atom. The molecule has 0 aliphatic heterocycles. The molecule has 1 aromatic heterocycles. The van der Waals surface area contributed by atoms with Crippen molar-refractivity contribution in [1.82, 2.24) is 14.5 Å². The highest BCUT2D eigenvalue weighted by atomic mass is 32.2. The van der Waals surface area contributed by atoms with Gasteiger partial charge in [-0.25, -0.2) is 13.1 Å². The minimum Gasteiger partial charge on any atom is -0.396 e. The highest BCUT2D eigenvalue weighted by Gasteiger charge is 2.25. The molecule has 2 N–H and O–H groups in total. The van der Waals surface area contributed by atoms with E-state index >= 15 is 0 Å². The van der Waals surface area contributed by atoms with Crippen molar-refractivity contribution in [2.75, 3.05) is 13.2 Å². The second kappa shape index (κ2) is 7.38. The fourth-order valence-corrected chi connectivity index (χ4v) is 3.61. The number of aromatic nitrogens is 2. The SMILES string of the molecule is Cc1nn(CCCO)c(C)c1S(=O)(=O)NCC(C)C(C)C. The standard InChI is InChI=1S/C14H27N3O3S/c1-10(2)11(3)9-15-21(19,20)14-12(4)16-17(13(14)5)7-6-8-18/h10-11,15,18H,6-9H2,1-5H3. The van der Waals surface area contributed by atoms with Crippen molar-refractivity contribution in [2.45, 2.75) is 52.5 Å². The lowest BCUT2D eigenvalue weighted by molar-refractivity contribution is 0.276. The van der Waals surface area contributed by atoms with Crippen molar-refractivity contribution >= 4 is 10.0 Å². The van der Waals surface area contributed by atoms with Gasteiger partial charge in [-0.15, -0.1) is 0 Å². The second-order valence-electron chi connectivity index (χ2n) is 5.87. The maximum absolute atomic E-state index is 12.5. The summed E-state index contributed by atoms with van der Waals surface area (Å²) in [6.45, 7) is 10.6. The molecule has 0 saturated heterocycles. The van der Waals surface area contributed by atoms with Crippen molar-refractivity contribution in [3.8, 4) is 0 Å². The number of nitrogens with one attached hydrogen (secondary N) is 1. The fourth-order valence-electron chi connectivity index (χ4n) is 2.06. The number of hydrogen-bond acceptors (Lipinski definition) is 4. The lowest BCUT2D eigenvalue weighted by Crippen LogP contribution is -2.31. The van der Waals surface area contributed by atoms with Crippen molar-refractivity contribution in [3.63, 3.8) is 0 Å². The van der Waals surface area contributed by atoms with Crippen LogP contribution in [0.4, 0.5) is 0 Å². The van der Waals surface area contributed by atoms with Crippen LogP contribution in [0.2, 0.25) is 0 Å².